The third-order valence-electron chi connectivity index (χ3n) is 7.86. The lowest BCUT2D eigenvalue weighted by molar-refractivity contribution is 1.07. The van der Waals surface area contributed by atoms with Crippen LogP contribution in [0.3, 0.4) is 0 Å². The van der Waals surface area contributed by atoms with Crippen molar-refractivity contribution >= 4 is 22.2 Å². The first kappa shape index (κ1) is 28.4. The molecule has 6 aromatic carbocycles. The molecule has 0 amide bonds. The number of nitrogens with one attached hydrogen (secondary N) is 2. The molecule has 0 bridgehead atoms. The number of rotatable bonds is 8. The molecule has 218 valence electrons. The Morgan fingerprint density at radius 1 is 0.413 bits per heavy atom. The van der Waals surface area contributed by atoms with Gasteiger partial charge in [0, 0.05) is 22.3 Å². The highest BCUT2D eigenvalue weighted by molar-refractivity contribution is 6.14. The van der Waals surface area contributed by atoms with E-state index in [2.05, 4.69) is 24.3 Å². The summed E-state index contributed by atoms with van der Waals surface area (Å²) in [6.45, 7) is 0. The second-order valence-corrected chi connectivity index (χ2v) is 10.9. The topological polar surface area (TPSA) is 86.4 Å². The van der Waals surface area contributed by atoms with Gasteiger partial charge in [0.2, 0.25) is 0 Å². The van der Waals surface area contributed by atoms with Gasteiger partial charge in [0.25, 0.3) is 0 Å². The molecule has 46 heavy (non-hydrogen) atoms. The van der Waals surface area contributed by atoms with E-state index in [4.69, 9.17) is 25.8 Å². The number of benzene rings is 6. The van der Waals surface area contributed by atoms with Gasteiger partial charge in [-0.05, 0) is 45.7 Å². The fourth-order valence-electron chi connectivity index (χ4n) is 5.49. The fourth-order valence-corrected chi connectivity index (χ4v) is 5.49. The normalized spacial score (nSPS) is 11.1. The highest BCUT2D eigenvalue weighted by atomic mass is 15.0. The highest BCUT2D eigenvalue weighted by Crippen LogP contribution is 2.38. The molecule has 1 aromatic heterocycles. The second-order valence-electron chi connectivity index (χ2n) is 10.9. The van der Waals surface area contributed by atoms with E-state index in [0.29, 0.717) is 28.9 Å². The van der Waals surface area contributed by atoms with Crippen molar-refractivity contribution in [3.8, 4) is 45.3 Å². The molecule has 7 aromatic rings. The number of fused-ring (bicyclic) bond motifs is 1. The van der Waals surface area contributed by atoms with Crippen molar-refractivity contribution < 1.29 is 0 Å². The van der Waals surface area contributed by atoms with Gasteiger partial charge in [-0.25, -0.2) is 15.0 Å². The minimum Gasteiger partial charge on any atom is -0.300 e. The summed E-state index contributed by atoms with van der Waals surface area (Å²) in [6.07, 6.45) is 3.35. The van der Waals surface area contributed by atoms with Gasteiger partial charge in [0.1, 0.15) is 0 Å². The molecular weight excluding hydrogens is 562 g/mol. The molecule has 0 radical (unpaired) electrons. The van der Waals surface area contributed by atoms with Crippen LogP contribution in [-0.2, 0) is 0 Å². The van der Waals surface area contributed by atoms with E-state index >= 15 is 0 Å². The molecule has 0 saturated carbocycles. The van der Waals surface area contributed by atoms with E-state index in [-0.39, 0.29) is 0 Å². The molecule has 5 heteroatoms. The smallest absolute Gasteiger partial charge is 0.164 e. The van der Waals surface area contributed by atoms with Crippen LogP contribution in [0.1, 0.15) is 11.1 Å². The molecule has 0 spiro atoms. The molecule has 5 nitrogen and oxygen atoms in total. The SMILES string of the molecule is N=C(/C=C\C(=N)c1ccc(-c2c(-c3nc(-c4ccccc4)nc(-c4ccccc4)n3)ccc3ccccc23)cc1)c1ccccc1. The van der Waals surface area contributed by atoms with Crippen molar-refractivity contribution in [3.63, 3.8) is 0 Å². The van der Waals surface area contributed by atoms with Crippen LogP contribution in [0.5, 0.6) is 0 Å². The van der Waals surface area contributed by atoms with Crippen LogP contribution in [0.2, 0.25) is 0 Å². The van der Waals surface area contributed by atoms with Gasteiger partial charge < -0.3 is 10.8 Å². The Kier molecular flexibility index (Phi) is 7.87. The van der Waals surface area contributed by atoms with Crippen LogP contribution in [-0.4, -0.2) is 26.4 Å². The molecule has 0 aliphatic carbocycles. The zero-order valence-corrected chi connectivity index (χ0v) is 24.9. The van der Waals surface area contributed by atoms with Crippen LogP contribution in [0.4, 0.5) is 0 Å². The molecule has 0 saturated heterocycles. The molecule has 1 heterocycles. The number of aromatic nitrogens is 3. The molecular formula is C41H29N5. The molecule has 0 fully saturated rings. The monoisotopic (exact) mass is 591 g/mol. The summed E-state index contributed by atoms with van der Waals surface area (Å²) in [5.41, 5.74) is 7.02. The van der Waals surface area contributed by atoms with Crippen molar-refractivity contribution in [1.29, 1.82) is 10.8 Å². The largest absolute Gasteiger partial charge is 0.300 e. The van der Waals surface area contributed by atoms with Gasteiger partial charge >= 0.3 is 0 Å². The summed E-state index contributed by atoms with van der Waals surface area (Å²) >= 11 is 0. The van der Waals surface area contributed by atoms with Crippen LogP contribution < -0.4 is 0 Å². The third-order valence-corrected chi connectivity index (χ3v) is 7.86. The summed E-state index contributed by atoms with van der Waals surface area (Å²) in [7, 11) is 0. The Morgan fingerprint density at radius 3 is 1.48 bits per heavy atom. The number of nitrogens with zero attached hydrogens (tertiary/aromatic N) is 3. The number of allylic oxidation sites excluding steroid dienone is 2. The maximum absolute atomic E-state index is 8.67. The van der Waals surface area contributed by atoms with E-state index in [0.717, 1.165) is 49.7 Å². The zero-order chi connectivity index (χ0) is 31.3. The van der Waals surface area contributed by atoms with Crippen molar-refractivity contribution in [2.45, 2.75) is 0 Å². The average molecular weight is 592 g/mol. The third kappa shape index (κ3) is 5.90. The van der Waals surface area contributed by atoms with E-state index in [1.807, 2.05) is 127 Å². The Bertz CT molecular complexity index is 2150. The van der Waals surface area contributed by atoms with Gasteiger partial charge in [0.15, 0.2) is 17.5 Å². The summed E-state index contributed by atoms with van der Waals surface area (Å²) < 4.78 is 0. The van der Waals surface area contributed by atoms with Gasteiger partial charge in [-0.2, -0.15) is 0 Å². The van der Waals surface area contributed by atoms with Crippen molar-refractivity contribution in [2.24, 2.45) is 0 Å². The molecule has 7 rings (SSSR count). The first-order valence-electron chi connectivity index (χ1n) is 15.0. The van der Waals surface area contributed by atoms with E-state index in [1.54, 1.807) is 12.2 Å². The predicted molar refractivity (Wildman–Crippen MR) is 188 cm³/mol. The zero-order valence-electron chi connectivity index (χ0n) is 24.9. The Balaban J connectivity index is 1.32. The van der Waals surface area contributed by atoms with Gasteiger partial charge in [-0.1, -0.05) is 146 Å². The summed E-state index contributed by atoms with van der Waals surface area (Å²) in [4.78, 5) is 14.9. The lowest BCUT2D eigenvalue weighted by Gasteiger charge is -2.15. The summed E-state index contributed by atoms with van der Waals surface area (Å²) in [5.74, 6) is 1.81. The molecule has 2 N–H and O–H groups in total. The highest BCUT2D eigenvalue weighted by Gasteiger charge is 2.18. The van der Waals surface area contributed by atoms with Crippen LogP contribution in [0.25, 0.3) is 56.1 Å². The van der Waals surface area contributed by atoms with Gasteiger partial charge in [0.05, 0.1) is 11.4 Å². The average Bonchev–Trinajstić information content (AvgIpc) is 3.14. The molecule has 0 atom stereocenters. The number of hydrogen-bond acceptors (Lipinski definition) is 5. The van der Waals surface area contributed by atoms with Crippen molar-refractivity contribution in [1.82, 2.24) is 15.0 Å². The lowest BCUT2D eigenvalue weighted by atomic mass is 9.92. The molecule has 0 aliphatic rings. The van der Waals surface area contributed by atoms with Crippen LogP contribution in [0.15, 0.2) is 164 Å². The maximum atomic E-state index is 8.67. The number of hydrogen-bond donors (Lipinski definition) is 2. The molecule has 0 unspecified atom stereocenters. The molecule has 0 aliphatic heterocycles. The van der Waals surface area contributed by atoms with Gasteiger partial charge in [-0.3, -0.25) is 0 Å². The minimum absolute atomic E-state index is 0.336. The van der Waals surface area contributed by atoms with E-state index < -0.39 is 0 Å². The predicted octanol–water partition coefficient (Wildman–Crippen LogP) is 9.68. The second kappa shape index (κ2) is 12.7. The van der Waals surface area contributed by atoms with Crippen LogP contribution >= 0.6 is 0 Å². The summed E-state index contributed by atoms with van der Waals surface area (Å²) in [5, 5.41) is 19.2. The summed E-state index contributed by atoms with van der Waals surface area (Å²) in [6, 6.07) is 50.0. The van der Waals surface area contributed by atoms with Crippen LogP contribution in [0, 0.1) is 10.8 Å². The maximum Gasteiger partial charge on any atom is 0.164 e. The fraction of sp³-hybridized carbons (Fsp3) is 0. The van der Waals surface area contributed by atoms with Crippen molar-refractivity contribution in [2.75, 3.05) is 0 Å². The standard InChI is InChI=1S/C41H29N5/c42-36(29-13-4-1-5-14-29)26-27-37(43)30-20-22-31(23-21-30)38-34-19-11-10-12-28(34)24-25-35(38)41-45-39(32-15-6-2-7-16-32)44-40(46-41)33-17-8-3-9-18-33/h1-27,42-43H/b27-26-,42-36?,43-37?. The van der Waals surface area contributed by atoms with Gasteiger partial charge in [-0.15, -0.1) is 0 Å². The van der Waals surface area contributed by atoms with Crippen molar-refractivity contribution in [3.05, 3.63) is 175 Å². The van der Waals surface area contributed by atoms with E-state index in [1.165, 1.54) is 0 Å². The minimum atomic E-state index is 0.336. The Morgan fingerprint density at radius 2 is 0.891 bits per heavy atom. The first-order chi connectivity index (χ1) is 22.6. The first-order valence-corrected chi connectivity index (χ1v) is 15.0. The van der Waals surface area contributed by atoms with E-state index in [9.17, 15) is 0 Å². The Hall–Kier alpha value is -6.33. The lowest BCUT2D eigenvalue weighted by Crippen LogP contribution is -2.01. The Labute approximate surface area is 267 Å². The quantitative estimate of drug-likeness (QED) is 0.173.